The van der Waals surface area contributed by atoms with E-state index in [-0.39, 0.29) is 12.5 Å². The summed E-state index contributed by atoms with van der Waals surface area (Å²) in [6.07, 6.45) is 0.229. The average Bonchev–Trinajstić information content (AvgIpc) is 2.84. The summed E-state index contributed by atoms with van der Waals surface area (Å²) in [5, 5.41) is 12.9. The number of carbonyl (C=O) groups excluding carboxylic acids is 1. The predicted molar refractivity (Wildman–Crippen MR) is 53.9 cm³/mol. The molecule has 1 aliphatic heterocycles. The predicted octanol–water partition coefficient (Wildman–Crippen LogP) is -0.0450. The molecule has 1 saturated heterocycles. The van der Waals surface area contributed by atoms with E-state index in [0.29, 0.717) is 31.2 Å². The van der Waals surface area contributed by atoms with Gasteiger partial charge in [0.05, 0.1) is 6.10 Å². The molecule has 0 radical (unpaired) electrons. The van der Waals surface area contributed by atoms with Crippen LogP contribution in [-0.2, 0) is 4.79 Å². The highest BCUT2D eigenvalue weighted by Gasteiger charge is 2.24. The lowest BCUT2D eigenvalue weighted by molar-refractivity contribution is -0.132. The van der Waals surface area contributed by atoms with Gasteiger partial charge in [0, 0.05) is 19.2 Å². The maximum atomic E-state index is 11.6. The van der Waals surface area contributed by atoms with Crippen molar-refractivity contribution in [1.82, 2.24) is 10.1 Å². The van der Waals surface area contributed by atoms with Gasteiger partial charge in [0.15, 0.2) is 6.61 Å². The molecule has 1 atom stereocenters. The Labute approximate surface area is 92.8 Å². The molecule has 2 rings (SSSR count). The number of carbonyl (C=O) groups is 1. The fourth-order valence-corrected chi connectivity index (χ4v) is 1.61. The third-order valence-electron chi connectivity index (χ3n) is 2.47. The number of ether oxygens (including phenoxy) is 1. The molecule has 1 fully saturated rings. The van der Waals surface area contributed by atoms with E-state index in [1.807, 2.05) is 0 Å². The number of aliphatic hydroxyl groups is 1. The number of hydrogen-bond donors (Lipinski definition) is 1. The number of rotatable bonds is 3. The summed E-state index contributed by atoms with van der Waals surface area (Å²) in [7, 11) is 0. The van der Waals surface area contributed by atoms with Gasteiger partial charge in [-0.25, -0.2) is 0 Å². The van der Waals surface area contributed by atoms with E-state index < -0.39 is 6.10 Å². The van der Waals surface area contributed by atoms with Gasteiger partial charge >= 0.3 is 0 Å². The molecule has 88 valence electrons. The number of aryl methyl sites for hydroxylation is 1. The van der Waals surface area contributed by atoms with Crippen molar-refractivity contribution < 1.29 is 19.2 Å². The first-order valence-electron chi connectivity index (χ1n) is 5.17. The fraction of sp³-hybridized carbons (Fsp3) is 0.600. The molecule has 6 heteroatoms. The lowest BCUT2D eigenvalue weighted by atomic mass is 10.3. The number of hydrogen-bond acceptors (Lipinski definition) is 5. The zero-order valence-corrected chi connectivity index (χ0v) is 9.05. The summed E-state index contributed by atoms with van der Waals surface area (Å²) in [6, 6.07) is 1.62. The average molecular weight is 226 g/mol. The molecule has 1 aliphatic rings. The largest absolute Gasteiger partial charge is 0.465 e. The fourth-order valence-electron chi connectivity index (χ4n) is 1.61. The quantitative estimate of drug-likeness (QED) is 0.782. The smallest absolute Gasteiger partial charge is 0.260 e. The Bertz CT molecular complexity index is 377. The SMILES string of the molecule is Cc1cc(OCC(=O)N2CC[C@@H](O)C2)no1. The van der Waals surface area contributed by atoms with Crippen LogP contribution in [0.25, 0.3) is 0 Å². The van der Waals surface area contributed by atoms with Crippen LogP contribution in [0.4, 0.5) is 0 Å². The van der Waals surface area contributed by atoms with Crippen LogP contribution in [0.1, 0.15) is 12.2 Å². The lowest BCUT2D eigenvalue weighted by Gasteiger charge is -2.14. The molecule has 1 aromatic rings. The molecule has 0 unspecified atom stereocenters. The molecule has 6 nitrogen and oxygen atoms in total. The molecule has 2 heterocycles. The van der Waals surface area contributed by atoms with E-state index >= 15 is 0 Å². The standard InChI is InChI=1S/C10H14N2O4/c1-7-4-9(11-16-7)15-6-10(14)12-3-2-8(13)5-12/h4,8,13H,2-3,5-6H2,1H3/t8-/m1/s1. The number of nitrogens with zero attached hydrogens (tertiary/aromatic N) is 2. The minimum Gasteiger partial charge on any atom is -0.465 e. The number of amides is 1. The Morgan fingerprint density at radius 1 is 1.81 bits per heavy atom. The van der Waals surface area contributed by atoms with Crippen LogP contribution in [0.3, 0.4) is 0 Å². The van der Waals surface area contributed by atoms with Gasteiger partial charge in [0.2, 0.25) is 0 Å². The highest BCUT2D eigenvalue weighted by atomic mass is 16.5. The van der Waals surface area contributed by atoms with Crippen LogP contribution in [0, 0.1) is 6.92 Å². The molecule has 16 heavy (non-hydrogen) atoms. The Morgan fingerprint density at radius 2 is 2.62 bits per heavy atom. The zero-order chi connectivity index (χ0) is 11.5. The highest BCUT2D eigenvalue weighted by molar-refractivity contribution is 5.78. The topological polar surface area (TPSA) is 75.8 Å². The van der Waals surface area contributed by atoms with Crippen molar-refractivity contribution in [2.24, 2.45) is 0 Å². The molecule has 1 amide bonds. The number of aliphatic hydroxyl groups excluding tert-OH is 1. The second-order valence-electron chi connectivity index (χ2n) is 3.85. The van der Waals surface area contributed by atoms with Gasteiger partial charge in [-0.05, 0) is 18.5 Å². The third-order valence-corrected chi connectivity index (χ3v) is 2.47. The molecule has 0 aromatic carbocycles. The summed E-state index contributed by atoms with van der Waals surface area (Å²) < 4.78 is 9.96. The Kier molecular flexibility index (Phi) is 3.09. The van der Waals surface area contributed by atoms with E-state index in [9.17, 15) is 9.90 Å². The normalized spacial score (nSPS) is 20.1. The first-order valence-corrected chi connectivity index (χ1v) is 5.17. The van der Waals surface area contributed by atoms with Gasteiger partial charge in [0.1, 0.15) is 5.76 Å². The van der Waals surface area contributed by atoms with Gasteiger partial charge in [-0.1, -0.05) is 0 Å². The molecule has 0 saturated carbocycles. The first kappa shape index (κ1) is 10.9. The third kappa shape index (κ3) is 2.52. The molecular formula is C10H14N2O4. The molecular weight excluding hydrogens is 212 g/mol. The highest BCUT2D eigenvalue weighted by Crippen LogP contribution is 2.12. The lowest BCUT2D eigenvalue weighted by Crippen LogP contribution is -2.33. The van der Waals surface area contributed by atoms with Gasteiger partial charge in [-0.2, -0.15) is 0 Å². The molecule has 0 bridgehead atoms. The first-order chi connectivity index (χ1) is 7.65. The van der Waals surface area contributed by atoms with Crippen LogP contribution in [0.5, 0.6) is 5.88 Å². The zero-order valence-electron chi connectivity index (χ0n) is 9.05. The monoisotopic (exact) mass is 226 g/mol. The second-order valence-corrected chi connectivity index (χ2v) is 3.85. The van der Waals surface area contributed by atoms with Crippen molar-refractivity contribution in [3.8, 4) is 5.88 Å². The summed E-state index contributed by atoms with van der Waals surface area (Å²) >= 11 is 0. The van der Waals surface area contributed by atoms with Gasteiger partial charge in [-0.15, -0.1) is 0 Å². The minimum absolute atomic E-state index is 0.0707. The molecule has 0 spiro atoms. The van der Waals surface area contributed by atoms with Crippen molar-refractivity contribution in [1.29, 1.82) is 0 Å². The number of aromatic nitrogens is 1. The van der Waals surface area contributed by atoms with E-state index in [1.54, 1.807) is 17.9 Å². The summed E-state index contributed by atoms with van der Waals surface area (Å²) in [4.78, 5) is 13.2. The van der Waals surface area contributed by atoms with Crippen molar-refractivity contribution in [3.05, 3.63) is 11.8 Å². The van der Waals surface area contributed by atoms with E-state index in [1.165, 1.54) is 0 Å². The Balaban J connectivity index is 1.80. The second kappa shape index (κ2) is 4.52. The maximum absolute atomic E-state index is 11.6. The van der Waals surface area contributed by atoms with Gasteiger partial charge in [0.25, 0.3) is 11.8 Å². The van der Waals surface area contributed by atoms with Crippen LogP contribution in [0.15, 0.2) is 10.6 Å². The van der Waals surface area contributed by atoms with Gasteiger partial charge in [-0.3, -0.25) is 4.79 Å². The Hall–Kier alpha value is -1.56. The Morgan fingerprint density at radius 3 is 3.19 bits per heavy atom. The number of β-amino-alcohol motifs (C(OH)–C–C–N with tert-alkyl or cyclic N) is 1. The van der Waals surface area contributed by atoms with Crippen molar-refractivity contribution in [3.63, 3.8) is 0 Å². The van der Waals surface area contributed by atoms with Gasteiger partial charge < -0.3 is 19.3 Å². The van der Waals surface area contributed by atoms with Crippen molar-refractivity contribution >= 4 is 5.91 Å². The van der Waals surface area contributed by atoms with Crippen LogP contribution in [-0.4, -0.2) is 46.9 Å². The molecule has 0 aliphatic carbocycles. The van der Waals surface area contributed by atoms with Crippen LogP contribution >= 0.6 is 0 Å². The van der Waals surface area contributed by atoms with Crippen molar-refractivity contribution in [2.45, 2.75) is 19.4 Å². The molecule has 1 aromatic heterocycles. The summed E-state index contributed by atoms with van der Waals surface area (Å²) in [5.41, 5.74) is 0. The minimum atomic E-state index is -0.404. The van der Waals surface area contributed by atoms with E-state index in [4.69, 9.17) is 9.26 Å². The van der Waals surface area contributed by atoms with Crippen LogP contribution in [0.2, 0.25) is 0 Å². The van der Waals surface area contributed by atoms with E-state index in [2.05, 4.69) is 5.16 Å². The summed E-state index contributed by atoms with van der Waals surface area (Å²) in [5.74, 6) is 0.807. The summed E-state index contributed by atoms with van der Waals surface area (Å²) in [6.45, 7) is 2.65. The number of likely N-dealkylation sites (tertiary alicyclic amines) is 1. The maximum Gasteiger partial charge on any atom is 0.260 e. The van der Waals surface area contributed by atoms with Crippen molar-refractivity contribution in [2.75, 3.05) is 19.7 Å². The molecule has 1 N–H and O–H groups in total. The van der Waals surface area contributed by atoms with E-state index in [0.717, 1.165) is 0 Å². The van der Waals surface area contributed by atoms with Crippen LogP contribution < -0.4 is 4.74 Å².